The molecule has 1 aromatic rings. The van der Waals surface area contributed by atoms with Crippen molar-refractivity contribution in [1.82, 2.24) is 10.6 Å². The number of amides is 1. The standard InChI is InChI=1S/C12H14N4OS/c1-8-6-9(11(17)14-2)4-5-10(8)16-12(18-3)15-7-13/h4-6H,1-3H3,(H,14,17)(H,15,16). The van der Waals surface area contributed by atoms with Gasteiger partial charge in [-0.15, -0.1) is 0 Å². The van der Waals surface area contributed by atoms with Crippen LogP contribution in [0, 0.1) is 18.4 Å². The van der Waals surface area contributed by atoms with Gasteiger partial charge in [-0.05, 0) is 36.9 Å². The minimum absolute atomic E-state index is 0.131. The van der Waals surface area contributed by atoms with Crippen LogP contribution in [0.1, 0.15) is 15.9 Å². The van der Waals surface area contributed by atoms with Gasteiger partial charge in [-0.25, -0.2) is 4.99 Å². The number of nitriles is 1. The first-order chi connectivity index (χ1) is 8.62. The van der Waals surface area contributed by atoms with Crippen molar-refractivity contribution < 1.29 is 4.79 Å². The summed E-state index contributed by atoms with van der Waals surface area (Å²) in [6.45, 7) is 1.87. The van der Waals surface area contributed by atoms with Gasteiger partial charge in [-0.2, -0.15) is 5.26 Å². The summed E-state index contributed by atoms with van der Waals surface area (Å²) in [6, 6.07) is 5.23. The van der Waals surface area contributed by atoms with Gasteiger partial charge in [0.05, 0.1) is 5.69 Å². The third-order valence-electron chi connectivity index (χ3n) is 2.26. The molecule has 0 aliphatic heterocycles. The minimum Gasteiger partial charge on any atom is -0.355 e. The van der Waals surface area contributed by atoms with Gasteiger partial charge >= 0.3 is 0 Å². The van der Waals surface area contributed by atoms with Gasteiger partial charge in [0.25, 0.3) is 5.91 Å². The van der Waals surface area contributed by atoms with Crippen LogP contribution >= 0.6 is 11.8 Å². The van der Waals surface area contributed by atoms with E-state index in [4.69, 9.17) is 5.26 Å². The molecule has 0 bridgehead atoms. The van der Waals surface area contributed by atoms with Crippen LogP contribution in [0.2, 0.25) is 0 Å². The minimum atomic E-state index is -0.131. The Morgan fingerprint density at radius 2 is 2.22 bits per heavy atom. The van der Waals surface area contributed by atoms with Crippen LogP contribution < -0.4 is 10.6 Å². The summed E-state index contributed by atoms with van der Waals surface area (Å²) in [7, 11) is 1.59. The molecular formula is C12H14N4OS. The summed E-state index contributed by atoms with van der Waals surface area (Å²) in [6.07, 6.45) is 3.66. The van der Waals surface area contributed by atoms with Crippen LogP contribution in [0.5, 0.6) is 0 Å². The van der Waals surface area contributed by atoms with Crippen molar-refractivity contribution >= 4 is 28.5 Å². The number of aliphatic imine (C=N–C) groups is 1. The van der Waals surface area contributed by atoms with E-state index in [1.54, 1.807) is 25.2 Å². The predicted octanol–water partition coefficient (Wildman–Crippen LogP) is 1.78. The molecule has 1 rings (SSSR count). The zero-order chi connectivity index (χ0) is 13.5. The Morgan fingerprint density at radius 3 is 2.72 bits per heavy atom. The van der Waals surface area contributed by atoms with E-state index in [1.165, 1.54) is 11.8 Å². The SMILES string of the molecule is CNC(=O)c1ccc(N=C(NC#N)SC)c(C)c1. The maximum atomic E-state index is 11.5. The molecule has 0 fully saturated rings. The van der Waals surface area contributed by atoms with Crippen molar-refractivity contribution in [3.8, 4) is 6.19 Å². The quantitative estimate of drug-likeness (QED) is 0.368. The second kappa shape index (κ2) is 6.67. The lowest BCUT2D eigenvalue weighted by atomic mass is 10.1. The molecule has 0 heterocycles. The Morgan fingerprint density at radius 1 is 1.50 bits per heavy atom. The average Bonchev–Trinajstić information content (AvgIpc) is 2.39. The van der Waals surface area contributed by atoms with E-state index in [1.807, 2.05) is 19.4 Å². The molecular weight excluding hydrogens is 248 g/mol. The number of hydrogen-bond acceptors (Lipinski definition) is 4. The number of carbonyl (C=O) groups excluding carboxylic acids is 1. The van der Waals surface area contributed by atoms with E-state index in [2.05, 4.69) is 15.6 Å². The molecule has 0 unspecified atom stereocenters. The molecule has 0 atom stereocenters. The number of nitrogens with zero attached hydrogens (tertiary/aromatic N) is 2. The highest BCUT2D eigenvalue weighted by molar-refractivity contribution is 8.13. The second-order valence-corrected chi connectivity index (χ2v) is 4.23. The van der Waals surface area contributed by atoms with Crippen LogP contribution in [0.4, 0.5) is 5.69 Å². The van der Waals surface area contributed by atoms with Crippen LogP contribution in [-0.4, -0.2) is 24.4 Å². The summed E-state index contributed by atoms with van der Waals surface area (Å²) in [4.78, 5) is 15.8. The van der Waals surface area contributed by atoms with Gasteiger partial charge in [0.15, 0.2) is 11.4 Å². The van der Waals surface area contributed by atoms with E-state index in [-0.39, 0.29) is 5.91 Å². The Labute approximate surface area is 110 Å². The van der Waals surface area contributed by atoms with Crippen LogP contribution in [0.15, 0.2) is 23.2 Å². The third-order valence-corrected chi connectivity index (χ3v) is 2.84. The fourth-order valence-electron chi connectivity index (χ4n) is 1.35. The molecule has 2 N–H and O–H groups in total. The van der Waals surface area contributed by atoms with E-state index < -0.39 is 0 Å². The number of benzene rings is 1. The number of rotatable bonds is 2. The summed E-state index contributed by atoms with van der Waals surface area (Å²) in [5, 5.41) is 14.1. The molecule has 0 saturated heterocycles. The summed E-state index contributed by atoms with van der Waals surface area (Å²) >= 11 is 1.35. The van der Waals surface area contributed by atoms with Gasteiger partial charge in [-0.1, -0.05) is 11.8 Å². The Balaban J connectivity index is 3.06. The molecule has 18 heavy (non-hydrogen) atoms. The first-order valence-electron chi connectivity index (χ1n) is 5.23. The van der Waals surface area contributed by atoms with Crippen molar-refractivity contribution in [3.05, 3.63) is 29.3 Å². The fraction of sp³-hybridized carbons (Fsp3) is 0.250. The molecule has 0 saturated carbocycles. The van der Waals surface area contributed by atoms with Gasteiger partial charge in [0, 0.05) is 12.6 Å². The van der Waals surface area contributed by atoms with Gasteiger partial charge in [0.2, 0.25) is 0 Å². The molecule has 1 aromatic carbocycles. The van der Waals surface area contributed by atoms with Crippen LogP contribution in [0.3, 0.4) is 0 Å². The first-order valence-corrected chi connectivity index (χ1v) is 6.45. The van der Waals surface area contributed by atoms with E-state index in [9.17, 15) is 4.79 Å². The molecule has 0 aliphatic rings. The van der Waals surface area contributed by atoms with Crippen molar-refractivity contribution in [2.75, 3.05) is 13.3 Å². The molecule has 0 aliphatic carbocycles. The number of amidine groups is 1. The summed E-state index contributed by atoms with van der Waals surface area (Å²) in [5.74, 6) is -0.131. The average molecular weight is 262 g/mol. The summed E-state index contributed by atoms with van der Waals surface area (Å²) in [5.41, 5.74) is 2.20. The van der Waals surface area contributed by atoms with E-state index >= 15 is 0 Å². The zero-order valence-electron chi connectivity index (χ0n) is 10.4. The molecule has 6 heteroatoms. The van der Waals surface area contributed by atoms with Crippen molar-refractivity contribution in [3.63, 3.8) is 0 Å². The second-order valence-electron chi connectivity index (χ2n) is 3.44. The number of carbonyl (C=O) groups is 1. The maximum Gasteiger partial charge on any atom is 0.251 e. The fourth-order valence-corrected chi connectivity index (χ4v) is 1.69. The third kappa shape index (κ3) is 3.50. The maximum absolute atomic E-state index is 11.5. The topological polar surface area (TPSA) is 77.3 Å². The lowest BCUT2D eigenvalue weighted by Gasteiger charge is -2.05. The van der Waals surface area contributed by atoms with E-state index in [0.717, 1.165) is 11.3 Å². The van der Waals surface area contributed by atoms with Crippen molar-refractivity contribution in [2.45, 2.75) is 6.92 Å². The van der Waals surface area contributed by atoms with E-state index in [0.29, 0.717) is 10.7 Å². The van der Waals surface area contributed by atoms with Crippen LogP contribution in [0.25, 0.3) is 0 Å². The molecule has 0 spiro atoms. The Hall–Kier alpha value is -2.00. The Kier molecular flexibility index (Phi) is 5.21. The predicted molar refractivity (Wildman–Crippen MR) is 73.9 cm³/mol. The normalized spacial score (nSPS) is 10.7. The smallest absolute Gasteiger partial charge is 0.251 e. The number of aryl methyl sites for hydroxylation is 1. The Bertz CT molecular complexity index is 519. The highest BCUT2D eigenvalue weighted by Gasteiger charge is 2.06. The van der Waals surface area contributed by atoms with Crippen LogP contribution in [-0.2, 0) is 0 Å². The largest absolute Gasteiger partial charge is 0.355 e. The summed E-state index contributed by atoms with van der Waals surface area (Å²) < 4.78 is 0. The highest BCUT2D eigenvalue weighted by Crippen LogP contribution is 2.21. The zero-order valence-corrected chi connectivity index (χ0v) is 11.3. The van der Waals surface area contributed by atoms with Gasteiger partial charge in [-0.3, -0.25) is 10.1 Å². The number of hydrogen-bond donors (Lipinski definition) is 2. The molecule has 1 amide bonds. The molecule has 5 nitrogen and oxygen atoms in total. The first kappa shape index (κ1) is 14.1. The number of thioether (sulfide) groups is 1. The molecule has 0 aromatic heterocycles. The van der Waals surface area contributed by atoms with Gasteiger partial charge < -0.3 is 5.32 Å². The number of nitrogens with one attached hydrogen (secondary N) is 2. The molecule has 0 radical (unpaired) electrons. The highest BCUT2D eigenvalue weighted by atomic mass is 32.2. The molecule has 94 valence electrons. The lowest BCUT2D eigenvalue weighted by molar-refractivity contribution is 0.0963. The lowest BCUT2D eigenvalue weighted by Crippen LogP contribution is -2.17. The monoisotopic (exact) mass is 262 g/mol. The van der Waals surface area contributed by atoms with Crippen molar-refractivity contribution in [2.24, 2.45) is 4.99 Å². The van der Waals surface area contributed by atoms with Crippen molar-refractivity contribution in [1.29, 1.82) is 5.26 Å². The van der Waals surface area contributed by atoms with Gasteiger partial charge in [0.1, 0.15) is 0 Å².